The average Bonchev–Trinajstić information content (AvgIpc) is 3.16. The van der Waals surface area contributed by atoms with Gasteiger partial charge in [-0.2, -0.15) is 0 Å². The quantitative estimate of drug-likeness (QED) is 0.908. The van der Waals surface area contributed by atoms with Crippen molar-refractivity contribution in [3.63, 3.8) is 0 Å². The standard InChI is InChI=1S/C19H19ClN2O3/c20-13-7-8-15(22-9-3-4-10-22)14(11-13)21-19(23)18-12-24-16-5-1-2-6-17(16)25-18/h1-2,5-8,11,18H,3-4,9-10,12H2,(H,21,23). The molecule has 2 aliphatic heterocycles. The number of rotatable bonds is 3. The van der Waals surface area contributed by atoms with Gasteiger partial charge in [-0.05, 0) is 43.2 Å². The third-order valence-electron chi connectivity index (χ3n) is 4.46. The summed E-state index contributed by atoms with van der Waals surface area (Å²) in [5.41, 5.74) is 1.70. The number of halogens is 1. The van der Waals surface area contributed by atoms with Crippen molar-refractivity contribution in [2.75, 3.05) is 29.9 Å². The first-order valence-corrected chi connectivity index (χ1v) is 8.82. The molecule has 1 unspecified atom stereocenters. The van der Waals surface area contributed by atoms with Crippen molar-refractivity contribution >= 4 is 28.9 Å². The number of benzene rings is 2. The molecule has 6 heteroatoms. The van der Waals surface area contributed by atoms with Gasteiger partial charge in [0.2, 0.25) is 6.10 Å². The normalized spacial score (nSPS) is 18.9. The Morgan fingerprint density at radius 2 is 1.88 bits per heavy atom. The van der Waals surface area contributed by atoms with Crippen LogP contribution in [0.25, 0.3) is 0 Å². The van der Waals surface area contributed by atoms with Crippen LogP contribution in [0.15, 0.2) is 42.5 Å². The minimum absolute atomic E-state index is 0.183. The summed E-state index contributed by atoms with van der Waals surface area (Å²) < 4.78 is 11.4. The highest BCUT2D eigenvalue weighted by Crippen LogP contribution is 2.33. The molecule has 25 heavy (non-hydrogen) atoms. The van der Waals surface area contributed by atoms with E-state index in [1.54, 1.807) is 12.1 Å². The number of fused-ring (bicyclic) bond motifs is 1. The number of para-hydroxylation sites is 2. The molecule has 2 aliphatic rings. The largest absolute Gasteiger partial charge is 0.485 e. The van der Waals surface area contributed by atoms with Crippen molar-refractivity contribution in [2.45, 2.75) is 18.9 Å². The number of carbonyl (C=O) groups excluding carboxylic acids is 1. The molecule has 2 heterocycles. The van der Waals surface area contributed by atoms with E-state index in [-0.39, 0.29) is 12.5 Å². The smallest absolute Gasteiger partial charge is 0.269 e. The Hall–Kier alpha value is -2.40. The van der Waals surface area contributed by atoms with Crippen LogP contribution < -0.4 is 19.7 Å². The molecule has 2 aromatic rings. The molecular weight excluding hydrogens is 340 g/mol. The van der Waals surface area contributed by atoms with Gasteiger partial charge in [0.15, 0.2) is 11.5 Å². The van der Waals surface area contributed by atoms with E-state index in [0.29, 0.717) is 22.2 Å². The molecule has 1 atom stereocenters. The number of hydrogen-bond donors (Lipinski definition) is 1. The second-order valence-corrected chi connectivity index (χ2v) is 6.65. The number of nitrogens with one attached hydrogen (secondary N) is 1. The van der Waals surface area contributed by atoms with Crippen LogP contribution in [-0.4, -0.2) is 31.7 Å². The summed E-state index contributed by atoms with van der Waals surface area (Å²) in [6.07, 6.45) is 1.62. The van der Waals surface area contributed by atoms with Crippen LogP contribution in [0.4, 0.5) is 11.4 Å². The number of ether oxygens (including phenoxy) is 2. The van der Waals surface area contributed by atoms with Gasteiger partial charge in [0.1, 0.15) is 6.61 Å². The molecule has 5 nitrogen and oxygen atoms in total. The molecule has 0 saturated carbocycles. The molecule has 0 bridgehead atoms. The summed E-state index contributed by atoms with van der Waals surface area (Å²) in [4.78, 5) is 14.9. The summed E-state index contributed by atoms with van der Waals surface area (Å²) in [7, 11) is 0. The maximum atomic E-state index is 12.7. The van der Waals surface area contributed by atoms with E-state index >= 15 is 0 Å². The fraction of sp³-hybridized carbons (Fsp3) is 0.316. The predicted molar refractivity (Wildman–Crippen MR) is 97.9 cm³/mol. The van der Waals surface area contributed by atoms with Crippen LogP contribution in [0.5, 0.6) is 11.5 Å². The third kappa shape index (κ3) is 3.37. The fourth-order valence-corrected chi connectivity index (χ4v) is 3.38. The van der Waals surface area contributed by atoms with Gasteiger partial charge < -0.3 is 19.7 Å². The highest BCUT2D eigenvalue weighted by molar-refractivity contribution is 6.31. The topological polar surface area (TPSA) is 50.8 Å². The molecule has 1 fully saturated rings. The lowest BCUT2D eigenvalue weighted by atomic mass is 10.2. The summed E-state index contributed by atoms with van der Waals surface area (Å²) in [5, 5.41) is 3.55. The number of carbonyl (C=O) groups is 1. The zero-order valence-electron chi connectivity index (χ0n) is 13.7. The van der Waals surface area contributed by atoms with Gasteiger partial charge in [0.05, 0.1) is 11.4 Å². The number of nitrogens with zero attached hydrogens (tertiary/aromatic N) is 1. The lowest BCUT2D eigenvalue weighted by Crippen LogP contribution is -2.40. The van der Waals surface area contributed by atoms with Crippen LogP contribution >= 0.6 is 11.6 Å². The summed E-state index contributed by atoms with van der Waals surface area (Å²) in [5.74, 6) is 1.00. The number of hydrogen-bond acceptors (Lipinski definition) is 4. The molecular formula is C19H19ClN2O3. The van der Waals surface area contributed by atoms with E-state index in [0.717, 1.165) is 31.6 Å². The minimum Gasteiger partial charge on any atom is -0.485 e. The molecule has 1 N–H and O–H groups in total. The van der Waals surface area contributed by atoms with Gasteiger partial charge in [-0.3, -0.25) is 4.79 Å². The summed E-state index contributed by atoms with van der Waals surface area (Å²) >= 11 is 6.13. The molecule has 1 saturated heterocycles. The maximum Gasteiger partial charge on any atom is 0.269 e. The van der Waals surface area contributed by atoms with Gasteiger partial charge in [-0.15, -0.1) is 0 Å². The van der Waals surface area contributed by atoms with E-state index in [2.05, 4.69) is 10.2 Å². The van der Waals surface area contributed by atoms with Crippen LogP contribution in [-0.2, 0) is 4.79 Å². The van der Waals surface area contributed by atoms with E-state index in [1.165, 1.54) is 0 Å². The Balaban J connectivity index is 1.52. The fourth-order valence-electron chi connectivity index (χ4n) is 3.20. The van der Waals surface area contributed by atoms with Gasteiger partial charge in [-0.25, -0.2) is 0 Å². The Labute approximate surface area is 151 Å². The molecule has 2 aromatic carbocycles. The molecule has 130 valence electrons. The van der Waals surface area contributed by atoms with Gasteiger partial charge in [0.25, 0.3) is 5.91 Å². The van der Waals surface area contributed by atoms with Crippen molar-refractivity contribution in [2.24, 2.45) is 0 Å². The highest BCUT2D eigenvalue weighted by atomic mass is 35.5. The van der Waals surface area contributed by atoms with Crippen LogP contribution in [0.3, 0.4) is 0 Å². The van der Waals surface area contributed by atoms with E-state index in [1.807, 2.05) is 30.3 Å². The molecule has 4 rings (SSSR count). The molecule has 0 radical (unpaired) electrons. The summed E-state index contributed by atoms with van der Waals surface area (Å²) in [6, 6.07) is 12.9. The Kier molecular flexibility index (Phi) is 4.40. The number of amides is 1. The van der Waals surface area contributed by atoms with Crippen LogP contribution in [0.2, 0.25) is 5.02 Å². The second kappa shape index (κ2) is 6.84. The second-order valence-electron chi connectivity index (χ2n) is 6.21. The molecule has 1 amide bonds. The summed E-state index contributed by atoms with van der Waals surface area (Å²) in [6.45, 7) is 2.16. The van der Waals surface area contributed by atoms with Crippen LogP contribution in [0, 0.1) is 0 Å². The van der Waals surface area contributed by atoms with E-state index in [9.17, 15) is 4.79 Å². The third-order valence-corrected chi connectivity index (χ3v) is 4.70. The van der Waals surface area contributed by atoms with E-state index < -0.39 is 6.10 Å². The van der Waals surface area contributed by atoms with E-state index in [4.69, 9.17) is 21.1 Å². The first kappa shape index (κ1) is 16.1. The minimum atomic E-state index is -0.694. The Bertz CT molecular complexity index is 790. The first-order chi connectivity index (χ1) is 12.2. The van der Waals surface area contributed by atoms with Gasteiger partial charge in [0, 0.05) is 18.1 Å². The number of anilines is 2. The highest BCUT2D eigenvalue weighted by Gasteiger charge is 2.28. The molecule has 0 aromatic heterocycles. The zero-order chi connectivity index (χ0) is 17.2. The van der Waals surface area contributed by atoms with Crippen molar-refractivity contribution in [3.8, 4) is 11.5 Å². The monoisotopic (exact) mass is 358 g/mol. The predicted octanol–water partition coefficient (Wildman–Crippen LogP) is 3.72. The Morgan fingerprint density at radius 1 is 1.12 bits per heavy atom. The van der Waals surface area contributed by atoms with Crippen LogP contribution in [0.1, 0.15) is 12.8 Å². The average molecular weight is 359 g/mol. The van der Waals surface area contributed by atoms with Crippen molar-refractivity contribution in [3.05, 3.63) is 47.5 Å². The van der Waals surface area contributed by atoms with Crippen molar-refractivity contribution in [1.29, 1.82) is 0 Å². The first-order valence-electron chi connectivity index (χ1n) is 8.44. The Morgan fingerprint density at radius 3 is 2.68 bits per heavy atom. The van der Waals surface area contributed by atoms with Gasteiger partial charge >= 0.3 is 0 Å². The van der Waals surface area contributed by atoms with Crippen molar-refractivity contribution < 1.29 is 14.3 Å². The maximum absolute atomic E-state index is 12.7. The lowest BCUT2D eigenvalue weighted by Gasteiger charge is -2.27. The lowest BCUT2D eigenvalue weighted by molar-refractivity contribution is -0.125. The van der Waals surface area contributed by atoms with Crippen molar-refractivity contribution in [1.82, 2.24) is 0 Å². The zero-order valence-corrected chi connectivity index (χ0v) is 14.5. The SMILES string of the molecule is O=C(Nc1cc(Cl)ccc1N1CCCC1)C1COc2ccccc2O1. The van der Waals surface area contributed by atoms with Gasteiger partial charge in [-0.1, -0.05) is 23.7 Å². The molecule has 0 spiro atoms. The molecule has 0 aliphatic carbocycles.